The number of aryl methyl sites for hydroxylation is 1. The third-order valence-electron chi connectivity index (χ3n) is 2.86. The summed E-state index contributed by atoms with van der Waals surface area (Å²) in [5.74, 6) is 0.688. The van der Waals surface area contributed by atoms with Crippen molar-refractivity contribution in [2.24, 2.45) is 0 Å². The van der Waals surface area contributed by atoms with Crippen LogP contribution in [0.25, 0.3) is 11.3 Å². The van der Waals surface area contributed by atoms with Crippen LogP contribution in [-0.4, -0.2) is 16.4 Å². The van der Waals surface area contributed by atoms with E-state index in [1.54, 1.807) is 0 Å². The number of nitriles is 1. The molecule has 0 N–H and O–H groups in total. The van der Waals surface area contributed by atoms with E-state index < -0.39 is 0 Å². The molecule has 0 fully saturated rings. The van der Waals surface area contributed by atoms with E-state index in [1.807, 2.05) is 44.2 Å². The molecule has 0 bridgehead atoms. The van der Waals surface area contributed by atoms with Crippen molar-refractivity contribution < 1.29 is 4.74 Å². The lowest BCUT2D eigenvalue weighted by Crippen LogP contribution is -2.24. The smallest absolute Gasteiger partial charge is 0.284 e. The van der Waals surface area contributed by atoms with Crippen LogP contribution in [-0.2, 0) is 6.54 Å². The monoisotopic (exact) mass is 269 g/mol. The summed E-state index contributed by atoms with van der Waals surface area (Å²) in [6.45, 7) is 4.67. The van der Waals surface area contributed by atoms with Gasteiger partial charge in [-0.3, -0.25) is 4.79 Å². The van der Waals surface area contributed by atoms with Crippen molar-refractivity contribution in [1.29, 1.82) is 5.26 Å². The molecule has 0 atom stereocenters. The number of benzene rings is 1. The maximum Gasteiger partial charge on any atom is 0.284 e. The summed E-state index contributed by atoms with van der Waals surface area (Å²) in [6.07, 6.45) is 0. The zero-order valence-corrected chi connectivity index (χ0v) is 11.5. The van der Waals surface area contributed by atoms with Gasteiger partial charge in [-0.15, -0.1) is 0 Å². The van der Waals surface area contributed by atoms with Gasteiger partial charge < -0.3 is 4.74 Å². The van der Waals surface area contributed by atoms with Crippen LogP contribution in [0.4, 0.5) is 0 Å². The normalized spacial score (nSPS) is 10.1. The van der Waals surface area contributed by atoms with E-state index in [-0.39, 0.29) is 11.1 Å². The van der Waals surface area contributed by atoms with Crippen molar-refractivity contribution in [2.75, 3.05) is 6.61 Å². The first-order valence-corrected chi connectivity index (χ1v) is 6.45. The molecule has 2 rings (SSSR count). The number of para-hydroxylation sites is 1. The van der Waals surface area contributed by atoms with Crippen molar-refractivity contribution in [1.82, 2.24) is 9.78 Å². The van der Waals surface area contributed by atoms with Crippen LogP contribution < -0.4 is 10.3 Å². The summed E-state index contributed by atoms with van der Waals surface area (Å²) in [4.78, 5) is 11.9. The molecule has 20 heavy (non-hydrogen) atoms. The summed E-state index contributed by atoms with van der Waals surface area (Å²) in [5, 5.41) is 13.3. The number of hydrogen-bond acceptors (Lipinski definition) is 4. The first-order chi connectivity index (χ1) is 9.71. The Morgan fingerprint density at radius 1 is 1.35 bits per heavy atom. The maximum absolute atomic E-state index is 11.9. The first kappa shape index (κ1) is 13.8. The van der Waals surface area contributed by atoms with Gasteiger partial charge in [-0.1, -0.05) is 12.1 Å². The average Bonchev–Trinajstić information content (AvgIpc) is 2.48. The Hall–Kier alpha value is -2.61. The number of rotatable bonds is 4. The van der Waals surface area contributed by atoms with E-state index in [2.05, 4.69) is 5.10 Å². The lowest BCUT2D eigenvalue weighted by Gasteiger charge is -2.11. The zero-order valence-electron chi connectivity index (χ0n) is 11.5. The van der Waals surface area contributed by atoms with Crippen LogP contribution in [0.1, 0.15) is 19.4 Å². The quantitative estimate of drug-likeness (QED) is 0.853. The molecule has 0 aliphatic heterocycles. The number of ether oxygens (including phenoxy) is 1. The molecule has 0 aliphatic rings. The predicted molar refractivity (Wildman–Crippen MR) is 75.5 cm³/mol. The molecule has 102 valence electrons. The van der Waals surface area contributed by atoms with Crippen LogP contribution in [0, 0.1) is 11.3 Å². The highest BCUT2D eigenvalue weighted by atomic mass is 16.5. The fourth-order valence-corrected chi connectivity index (χ4v) is 1.93. The van der Waals surface area contributed by atoms with E-state index in [0.29, 0.717) is 24.6 Å². The molecule has 0 amide bonds. The highest BCUT2D eigenvalue weighted by Gasteiger charge is 2.12. The first-order valence-electron chi connectivity index (χ1n) is 6.45. The van der Waals surface area contributed by atoms with Gasteiger partial charge in [-0.2, -0.15) is 10.4 Å². The zero-order chi connectivity index (χ0) is 14.5. The lowest BCUT2D eigenvalue weighted by molar-refractivity contribution is 0.341. The van der Waals surface area contributed by atoms with E-state index in [4.69, 9.17) is 10.00 Å². The van der Waals surface area contributed by atoms with Gasteiger partial charge in [0.15, 0.2) is 0 Å². The van der Waals surface area contributed by atoms with Gasteiger partial charge in [0.1, 0.15) is 17.4 Å². The molecule has 0 saturated heterocycles. The Labute approximate surface area is 117 Å². The van der Waals surface area contributed by atoms with Gasteiger partial charge in [0, 0.05) is 12.1 Å². The van der Waals surface area contributed by atoms with Crippen LogP contribution in [0.2, 0.25) is 0 Å². The molecule has 0 radical (unpaired) electrons. The Bertz CT molecular complexity index is 714. The molecular formula is C15H15N3O2. The van der Waals surface area contributed by atoms with Crippen LogP contribution >= 0.6 is 0 Å². The molecule has 5 nitrogen and oxygen atoms in total. The Morgan fingerprint density at radius 2 is 2.10 bits per heavy atom. The minimum absolute atomic E-state index is 0.0863. The second kappa shape index (κ2) is 6.02. The second-order valence-electron chi connectivity index (χ2n) is 4.11. The van der Waals surface area contributed by atoms with E-state index >= 15 is 0 Å². The molecule has 1 heterocycles. The number of hydrogen-bond donors (Lipinski definition) is 0. The largest absolute Gasteiger partial charge is 0.493 e. The lowest BCUT2D eigenvalue weighted by atomic mass is 10.1. The third kappa shape index (κ3) is 2.54. The molecular weight excluding hydrogens is 254 g/mol. The van der Waals surface area contributed by atoms with Crippen LogP contribution in [0.3, 0.4) is 0 Å². The van der Waals surface area contributed by atoms with Crippen molar-refractivity contribution in [3.05, 3.63) is 46.2 Å². The third-order valence-corrected chi connectivity index (χ3v) is 2.86. The van der Waals surface area contributed by atoms with E-state index in [1.165, 1.54) is 10.7 Å². The fraction of sp³-hybridized carbons (Fsp3) is 0.267. The Kier molecular flexibility index (Phi) is 4.16. The standard InChI is InChI=1S/C15H15N3O2/c1-3-18-15(19)11(10-16)9-13(17-18)12-7-5-6-8-14(12)20-4-2/h5-9H,3-4H2,1-2H3. The molecule has 0 unspecified atom stereocenters. The van der Waals surface area contributed by atoms with Crippen molar-refractivity contribution in [3.8, 4) is 23.1 Å². The van der Waals surface area contributed by atoms with Gasteiger partial charge in [-0.25, -0.2) is 4.68 Å². The molecule has 5 heteroatoms. The van der Waals surface area contributed by atoms with Gasteiger partial charge in [-0.05, 0) is 32.0 Å². The molecule has 0 saturated carbocycles. The highest BCUT2D eigenvalue weighted by Crippen LogP contribution is 2.28. The van der Waals surface area contributed by atoms with E-state index in [9.17, 15) is 4.79 Å². The Morgan fingerprint density at radius 3 is 2.75 bits per heavy atom. The minimum Gasteiger partial charge on any atom is -0.493 e. The van der Waals surface area contributed by atoms with Gasteiger partial charge >= 0.3 is 0 Å². The summed E-state index contributed by atoms with van der Waals surface area (Å²) < 4.78 is 6.85. The number of aromatic nitrogens is 2. The Balaban J connectivity index is 2.65. The van der Waals surface area contributed by atoms with E-state index in [0.717, 1.165) is 5.56 Å². The average molecular weight is 269 g/mol. The summed E-state index contributed by atoms with van der Waals surface area (Å²) in [5.41, 5.74) is 1.05. The van der Waals surface area contributed by atoms with Crippen molar-refractivity contribution in [2.45, 2.75) is 20.4 Å². The molecule has 1 aromatic heterocycles. The highest BCUT2D eigenvalue weighted by molar-refractivity contribution is 5.67. The second-order valence-corrected chi connectivity index (χ2v) is 4.11. The minimum atomic E-state index is -0.368. The summed E-state index contributed by atoms with van der Waals surface area (Å²) in [7, 11) is 0. The molecule has 2 aromatic rings. The fourth-order valence-electron chi connectivity index (χ4n) is 1.93. The molecule has 1 aromatic carbocycles. The maximum atomic E-state index is 11.9. The molecule has 0 spiro atoms. The van der Waals surface area contributed by atoms with Crippen molar-refractivity contribution >= 4 is 0 Å². The van der Waals surface area contributed by atoms with Crippen LogP contribution in [0.5, 0.6) is 5.75 Å². The summed E-state index contributed by atoms with van der Waals surface area (Å²) >= 11 is 0. The van der Waals surface area contributed by atoms with Crippen molar-refractivity contribution in [3.63, 3.8) is 0 Å². The predicted octanol–water partition coefficient (Wildman–Crippen LogP) is 2.20. The topological polar surface area (TPSA) is 67.9 Å². The van der Waals surface area contributed by atoms with Crippen LogP contribution in [0.15, 0.2) is 35.1 Å². The summed E-state index contributed by atoms with van der Waals surface area (Å²) in [6, 6.07) is 10.9. The van der Waals surface area contributed by atoms with Gasteiger partial charge in [0.2, 0.25) is 0 Å². The van der Waals surface area contributed by atoms with Gasteiger partial charge in [0.25, 0.3) is 5.56 Å². The molecule has 0 aliphatic carbocycles. The SMILES string of the molecule is CCOc1ccccc1-c1cc(C#N)c(=O)n(CC)n1. The number of nitrogens with zero attached hydrogens (tertiary/aromatic N) is 3. The van der Waals surface area contributed by atoms with Gasteiger partial charge in [0.05, 0.1) is 12.3 Å².